The van der Waals surface area contributed by atoms with Gasteiger partial charge in [-0.2, -0.15) is 0 Å². The van der Waals surface area contributed by atoms with Crippen LogP contribution in [0.5, 0.6) is 5.75 Å². The molecule has 24 heavy (non-hydrogen) atoms. The highest BCUT2D eigenvalue weighted by atomic mass is 35.5. The predicted molar refractivity (Wildman–Crippen MR) is 95.8 cm³/mol. The van der Waals surface area contributed by atoms with Crippen LogP contribution in [-0.4, -0.2) is 30.4 Å². The molecule has 0 aliphatic rings. The quantitative estimate of drug-likeness (QED) is 0.748. The van der Waals surface area contributed by atoms with E-state index in [-0.39, 0.29) is 6.54 Å². The summed E-state index contributed by atoms with van der Waals surface area (Å²) in [7, 11) is 1.60. The molecule has 2 amide bonds. The molecular weight excluding hydrogens is 328 g/mol. The fraction of sp³-hybridized carbons (Fsp3) is 0.278. The molecule has 2 aromatic carbocycles. The summed E-state index contributed by atoms with van der Waals surface area (Å²) in [5.74, 6) is 0.760. The average molecular weight is 349 g/mol. The van der Waals surface area contributed by atoms with Crippen LogP contribution < -0.4 is 15.4 Å². The zero-order valence-corrected chi connectivity index (χ0v) is 14.4. The average Bonchev–Trinajstić information content (AvgIpc) is 2.56. The maximum Gasteiger partial charge on any atom is 0.319 e. The molecule has 0 aromatic heterocycles. The van der Waals surface area contributed by atoms with Crippen LogP contribution in [0.3, 0.4) is 0 Å². The molecule has 128 valence electrons. The van der Waals surface area contributed by atoms with Crippen LogP contribution in [0.2, 0.25) is 5.02 Å². The molecule has 0 aliphatic carbocycles. The predicted octanol–water partition coefficient (Wildman–Crippen LogP) is 3.46. The molecule has 0 heterocycles. The number of hydrogen-bond donors (Lipinski definition) is 3. The summed E-state index contributed by atoms with van der Waals surface area (Å²) in [6.45, 7) is 1.78. The maximum atomic E-state index is 11.9. The van der Waals surface area contributed by atoms with Gasteiger partial charge in [0.1, 0.15) is 5.75 Å². The highest BCUT2D eigenvalue weighted by molar-refractivity contribution is 6.33. The Morgan fingerprint density at radius 2 is 1.88 bits per heavy atom. The standard InChI is InChI=1S/C18H21ClN2O3/c1-18(23,11-13-7-9-14(24-2)10-8-13)12-20-17(22)21-16-6-4-3-5-15(16)19/h3-10,23H,11-12H2,1-2H3,(H2,20,21,22)/t18-/m1/s1. The molecule has 1 atom stereocenters. The minimum absolute atomic E-state index is 0.106. The number of rotatable bonds is 6. The number of carbonyl (C=O) groups excluding carboxylic acids is 1. The summed E-state index contributed by atoms with van der Waals surface area (Å²) in [4.78, 5) is 11.9. The molecule has 6 heteroatoms. The van der Waals surface area contributed by atoms with Gasteiger partial charge in [-0.05, 0) is 36.8 Å². The van der Waals surface area contributed by atoms with E-state index in [2.05, 4.69) is 10.6 Å². The Hall–Kier alpha value is -2.24. The number of aliphatic hydroxyl groups is 1. The lowest BCUT2D eigenvalue weighted by atomic mass is 9.96. The van der Waals surface area contributed by atoms with Gasteiger partial charge in [0.05, 0.1) is 23.4 Å². The van der Waals surface area contributed by atoms with Crippen molar-refractivity contribution in [2.45, 2.75) is 18.9 Å². The lowest BCUT2D eigenvalue weighted by Gasteiger charge is -2.24. The number of para-hydroxylation sites is 1. The summed E-state index contributed by atoms with van der Waals surface area (Å²) in [5, 5.41) is 16.2. The normalized spacial score (nSPS) is 13.0. The second-order valence-electron chi connectivity index (χ2n) is 5.81. The van der Waals surface area contributed by atoms with Crippen LogP contribution >= 0.6 is 11.6 Å². The number of nitrogens with one attached hydrogen (secondary N) is 2. The first-order valence-corrected chi connectivity index (χ1v) is 7.92. The molecule has 2 aromatic rings. The van der Waals surface area contributed by atoms with Crippen molar-refractivity contribution in [3.8, 4) is 5.75 Å². The molecule has 0 bridgehead atoms. The molecule has 0 aliphatic heterocycles. The van der Waals surface area contributed by atoms with Gasteiger partial charge in [-0.15, -0.1) is 0 Å². The fourth-order valence-corrected chi connectivity index (χ4v) is 2.43. The third-order valence-corrected chi connectivity index (χ3v) is 3.83. The molecule has 0 unspecified atom stereocenters. The molecule has 0 saturated carbocycles. The summed E-state index contributed by atoms with van der Waals surface area (Å²) in [6.07, 6.45) is 0.406. The molecule has 0 spiro atoms. The van der Waals surface area contributed by atoms with Gasteiger partial charge in [0.25, 0.3) is 0 Å². The molecular formula is C18H21ClN2O3. The first-order valence-electron chi connectivity index (χ1n) is 7.54. The summed E-state index contributed by atoms with van der Waals surface area (Å²) in [6, 6.07) is 14.0. The van der Waals surface area contributed by atoms with Crippen molar-refractivity contribution in [3.63, 3.8) is 0 Å². The van der Waals surface area contributed by atoms with Crippen LogP contribution in [0, 0.1) is 0 Å². The third-order valence-electron chi connectivity index (χ3n) is 3.50. The molecule has 0 saturated heterocycles. The zero-order chi connectivity index (χ0) is 17.6. The Balaban J connectivity index is 1.87. The second kappa shape index (κ2) is 8.04. The number of amides is 2. The number of hydrogen-bond acceptors (Lipinski definition) is 3. The number of carbonyl (C=O) groups is 1. The van der Waals surface area contributed by atoms with Crippen LogP contribution in [-0.2, 0) is 6.42 Å². The van der Waals surface area contributed by atoms with Gasteiger partial charge in [0.2, 0.25) is 0 Å². The Morgan fingerprint density at radius 3 is 2.50 bits per heavy atom. The summed E-state index contributed by atoms with van der Waals surface area (Å²) in [5.41, 5.74) is 0.396. The van der Waals surface area contributed by atoms with Gasteiger partial charge in [-0.1, -0.05) is 35.9 Å². The van der Waals surface area contributed by atoms with Crippen molar-refractivity contribution >= 4 is 23.3 Å². The lowest BCUT2D eigenvalue weighted by molar-refractivity contribution is 0.0629. The highest BCUT2D eigenvalue weighted by Crippen LogP contribution is 2.20. The summed E-state index contributed by atoms with van der Waals surface area (Å²) >= 11 is 5.99. The number of halogens is 1. The third kappa shape index (κ3) is 5.44. The van der Waals surface area contributed by atoms with Crippen molar-refractivity contribution in [2.75, 3.05) is 19.0 Å². The lowest BCUT2D eigenvalue weighted by Crippen LogP contribution is -2.43. The highest BCUT2D eigenvalue weighted by Gasteiger charge is 2.22. The molecule has 5 nitrogen and oxygen atoms in total. The first kappa shape index (κ1) is 18.1. The molecule has 0 radical (unpaired) electrons. The number of anilines is 1. The number of ether oxygens (including phenoxy) is 1. The topological polar surface area (TPSA) is 70.6 Å². The van der Waals surface area contributed by atoms with E-state index in [1.165, 1.54) is 0 Å². The first-order chi connectivity index (χ1) is 11.4. The Kier molecular flexibility index (Phi) is 6.06. The Bertz CT molecular complexity index is 687. The minimum atomic E-state index is -1.08. The van der Waals surface area contributed by atoms with Crippen molar-refractivity contribution < 1.29 is 14.6 Å². The van der Waals surface area contributed by atoms with E-state index in [1.807, 2.05) is 24.3 Å². The van der Waals surface area contributed by atoms with Crippen LogP contribution in [0.4, 0.5) is 10.5 Å². The molecule has 2 rings (SSSR count). The number of urea groups is 1. The van der Waals surface area contributed by atoms with Gasteiger partial charge in [-0.25, -0.2) is 4.79 Å². The zero-order valence-electron chi connectivity index (χ0n) is 13.7. The van der Waals surface area contributed by atoms with Gasteiger partial charge in [-0.3, -0.25) is 0 Å². The van der Waals surface area contributed by atoms with Gasteiger partial charge >= 0.3 is 6.03 Å². The van der Waals surface area contributed by atoms with Gasteiger partial charge in [0, 0.05) is 13.0 Å². The van der Waals surface area contributed by atoms with E-state index in [1.54, 1.807) is 38.3 Å². The largest absolute Gasteiger partial charge is 0.497 e. The van der Waals surface area contributed by atoms with E-state index in [0.29, 0.717) is 17.1 Å². The number of benzene rings is 2. The van der Waals surface area contributed by atoms with Crippen molar-refractivity contribution in [1.82, 2.24) is 5.32 Å². The van der Waals surface area contributed by atoms with Crippen LogP contribution in [0.25, 0.3) is 0 Å². The molecule has 0 fully saturated rings. The van der Waals surface area contributed by atoms with Gasteiger partial charge < -0.3 is 20.5 Å². The SMILES string of the molecule is COc1ccc(C[C@@](C)(O)CNC(=O)Nc2ccccc2Cl)cc1. The van der Waals surface area contributed by atoms with Crippen molar-refractivity contribution in [3.05, 3.63) is 59.1 Å². The van der Waals surface area contributed by atoms with E-state index in [4.69, 9.17) is 16.3 Å². The Morgan fingerprint density at radius 1 is 1.21 bits per heavy atom. The molecule has 3 N–H and O–H groups in total. The van der Waals surface area contributed by atoms with E-state index >= 15 is 0 Å². The van der Waals surface area contributed by atoms with Crippen molar-refractivity contribution in [2.24, 2.45) is 0 Å². The monoisotopic (exact) mass is 348 g/mol. The minimum Gasteiger partial charge on any atom is -0.497 e. The summed E-state index contributed by atoms with van der Waals surface area (Å²) < 4.78 is 5.11. The second-order valence-corrected chi connectivity index (χ2v) is 6.22. The van der Waals surface area contributed by atoms with E-state index in [9.17, 15) is 9.90 Å². The Labute approximate surface area is 146 Å². The van der Waals surface area contributed by atoms with E-state index in [0.717, 1.165) is 11.3 Å². The van der Waals surface area contributed by atoms with E-state index < -0.39 is 11.6 Å². The smallest absolute Gasteiger partial charge is 0.319 e. The van der Waals surface area contributed by atoms with Gasteiger partial charge in [0.15, 0.2) is 0 Å². The van der Waals surface area contributed by atoms with Crippen molar-refractivity contribution in [1.29, 1.82) is 0 Å². The fourth-order valence-electron chi connectivity index (χ4n) is 2.25. The van der Waals surface area contributed by atoms with Crippen LogP contribution in [0.15, 0.2) is 48.5 Å². The van der Waals surface area contributed by atoms with Crippen LogP contribution in [0.1, 0.15) is 12.5 Å². The number of methoxy groups -OCH3 is 1. The maximum absolute atomic E-state index is 11.9.